The number of halogens is 3. The number of hydrogen-bond acceptors (Lipinski definition) is 5. The first-order valence-electron chi connectivity index (χ1n) is 11.4. The minimum atomic E-state index is -0.361. The fourth-order valence-electron chi connectivity index (χ4n) is 3.81. The van der Waals surface area contributed by atoms with Gasteiger partial charge in [-0.2, -0.15) is 0 Å². The summed E-state index contributed by atoms with van der Waals surface area (Å²) in [6.07, 6.45) is 2.92. The van der Waals surface area contributed by atoms with Gasteiger partial charge < -0.3 is 20.1 Å². The summed E-state index contributed by atoms with van der Waals surface area (Å²) in [6, 6.07) is 9.50. The Morgan fingerprint density at radius 1 is 0.857 bits per heavy atom. The molecule has 7 nitrogen and oxygen atoms in total. The van der Waals surface area contributed by atoms with Crippen LogP contribution in [0.2, 0.25) is 15.1 Å². The Hall–Kier alpha value is -2.48. The Balaban J connectivity index is 1.43. The summed E-state index contributed by atoms with van der Waals surface area (Å²) in [5.41, 5.74) is 0.680. The van der Waals surface area contributed by atoms with Crippen molar-refractivity contribution in [1.82, 2.24) is 10.6 Å². The second kappa shape index (κ2) is 13.0. The molecule has 0 bridgehead atoms. The molecule has 3 rings (SSSR count). The van der Waals surface area contributed by atoms with Crippen LogP contribution in [0.25, 0.3) is 0 Å². The molecule has 2 amide bonds. The molecule has 0 heterocycles. The zero-order chi connectivity index (χ0) is 25.4. The van der Waals surface area contributed by atoms with Crippen LogP contribution in [0.15, 0.2) is 36.4 Å². The van der Waals surface area contributed by atoms with E-state index in [0.717, 1.165) is 25.7 Å². The van der Waals surface area contributed by atoms with Gasteiger partial charge in [0.1, 0.15) is 5.75 Å². The number of ether oxygens (including phenoxy) is 2. The van der Waals surface area contributed by atoms with Crippen LogP contribution in [-0.2, 0) is 9.53 Å². The van der Waals surface area contributed by atoms with Crippen LogP contribution in [-0.4, -0.2) is 43.6 Å². The molecule has 2 N–H and O–H groups in total. The van der Waals surface area contributed by atoms with Crippen molar-refractivity contribution in [2.24, 2.45) is 5.92 Å². The first kappa shape index (κ1) is 27.1. The van der Waals surface area contributed by atoms with E-state index in [-0.39, 0.29) is 47.9 Å². The zero-order valence-corrected chi connectivity index (χ0v) is 21.5. The van der Waals surface area contributed by atoms with E-state index >= 15 is 0 Å². The number of hydrogen-bond donors (Lipinski definition) is 2. The third-order valence-corrected chi connectivity index (χ3v) is 6.71. The summed E-state index contributed by atoms with van der Waals surface area (Å²) in [5, 5.41) is 6.35. The summed E-state index contributed by atoms with van der Waals surface area (Å²) in [7, 11) is 0. The molecule has 2 aromatic rings. The van der Waals surface area contributed by atoms with Crippen molar-refractivity contribution in [3.8, 4) is 5.75 Å². The average Bonchev–Trinajstić information content (AvgIpc) is 2.84. The minimum Gasteiger partial charge on any atom is -0.490 e. The smallest absolute Gasteiger partial charge is 0.308 e. The molecule has 0 atom stereocenters. The molecule has 188 valence electrons. The van der Waals surface area contributed by atoms with Crippen LogP contribution in [0.5, 0.6) is 5.75 Å². The summed E-state index contributed by atoms with van der Waals surface area (Å²) in [4.78, 5) is 36.5. The summed E-state index contributed by atoms with van der Waals surface area (Å²) >= 11 is 18.1. The predicted octanol–water partition coefficient (Wildman–Crippen LogP) is 5.31. The fraction of sp³-hybridized carbons (Fsp3) is 0.400. The van der Waals surface area contributed by atoms with Crippen LogP contribution >= 0.6 is 34.8 Å². The largest absolute Gasteiger partial charge is 0.490 e. The number of esters is 1. The first-order valence-corrected chi connectivity index (χ1v) is 12.6. The Bertz CT molecular complexity index is 1070. The highest BCUT2D eigenvalue weighted by Crippen LogP contribution is 2.30. The fourth-order valence-corrected chi connectivity index (χ4v) is 4.36. The Morgan fingerprint density at radius 3 is 2.17 bits per heavy atom. The molecular formula is C25H27Cl3N2O5. The van der Waals surface area contributed by atoms with Crippen molar-refractivity contribution in [3.05, 3.63) is 62.6 Å². The topological polar surface area (TPSA) is 93.7 Å². The Labute approximate surface area is 219 Å². The number of benzene rings is 2. The molecule has 2 aromatic carbocycles. The van der Waals surface area contributed by atoms with Crippen LogP contribution in [0.1, 0.15) is 53.3 Å². The second-order valence-electron chi connectivity index (χ2n) is 8.13. The molecule has 0 radical (unpaired) electrons. The minimum absolute atomic E-state index is 0.0180. The molecule has 1 fully saturated rings. The van der Waals surface area contributed by atoms with Gasteiger partial charge in [0, 0.05) is 18.7 Å². The first-order chi connectivity index (χ1) is 16.8. The highest BCUT2D eigenvalue weighted by Gasteiger charge is 2.28. The third kappa shape index (κ3) is 7.75. The number of carbonyl (C=O) groups is 3. The predicted molar refractivity (Wildman–Crippen MR) is 136 cm³/mol. The highest BCUT2D eigenvalue weighted by molar-refractivity contribution is 6.42. The van der Waals surface area contributed by atoms with Gasteiger partial charge in [-0.25, -0.2) is 0 Å². The van der Waals surface area contributed by atoms with Crippen molar-refractivity contribution >= 4 is 52.6 Å². The molecular weight excluding hydrogens is 515 g/mol. The van der Waals surface area contributed by atoms with Crippen LogP contribution < -0.4 is 15.4 Å². The molecule has 0 aromatic heterocycles. The van der Waals surface area contributed by atoms with E-state index in [4.69, 9.17) is 44.3 Å². The van der Waals surface area contributed by atoms with Crippen LogP contribution in [0, 0.1) is 5.92 Å². The number of nitrogens with one attached hydrogen (secondary N) is 2. The number of amides is 2. The molecule has 1 aliphatic carbocycles. The molecule has 1 saturated carbocycles. The summed E-state index contributed by atoms with van der Waals surface area (Å²) in [5.74, 6) is -0.328. The van der Waals surface area contributed by atoms with Crippen molar-refractivity contribution in [3.63, 3.8) is 0 Å². The lowest BCUT2D eigenvalue weighted by molar-refractivity contribution is -0.149. The van der Waals surface area contributed by atoms with Gasteiger partial charge in [0.25, 0.3) is 11.8 Å². The van der Waals surface area contributed by atoms with Crippen LogP contribution in [0.4, 0.5) is 0 Å². The maximum absolute atomic E-state index is 12.5. The maximum atomic E-state index is 12.5. The van der Waals surface area contributed by atoms with Crippen molar-refractivity contribution in [2.45, 2.75) is 38.7 Å². The van der Waals surface area contributed by atoms with Gasteiger partial charge in [-0.15, -0.1) is 0 Å². The molecule has 0 unspecified atom stereocenters. The van der Waals surface area contributed by atoms with Gasteiger partial charge in [-0.05, 0) is 69.0 Å². The monoisotopic (exact) mass is 540 g/mol. The number of rotatable bonds is 9. The molecule has 0 spiro atoms. The molecule has 0 saturated heterocycles. The lowest BCUT2D eigenvalue weighted by Crippen LogP contribution is -2.34. The van der Waals surface area contributed by atoms with Crippen molar-refractivity contribution in [2.75, 3.05) is 19.7 Å². The zero-order valence-electron chi connectivity index (χ0n) is 19.2. The van der Waals surface area contributed by atoms with E-state index in [9.17, 15) is 14.4 Å². The normalized spacial score (nSPS) is 17.4. The van der Waals surface area contributed by atoms with Gasteiger partial charge in [0.2, 0.25) is 0 Å². The Morgan fingerprint density at radius 2 is 1.54 bits per heavy atom. The van der Waals surface area contributed by atoms with Crippen molar-refractivity contribution < 1.29 is 23.9 Å². The van der Waals surface area contributed by atoms with E-state index in [1.165, 1.54) is 6.07 Å². The van der Waals surface area contributed by atoms with Gasteiger partial charge in [-0.1, -0.05) is 34.8 Å². The third-order valence-electron chi connectivity index (χ3n) is 5.66. The second-order valence-corrected chi connectivity index (χ2v) is 9.35. The Kier molecular flexibility index (Phi) is 10.1. The summed E-state index contributed by atoms with van der Waals surface area (Å²) < 4.78 is 11.1. The van der Waals surface area contributed by atoms with Gasteiger partial charge >= 0.3 is 5.97 Å². The van der Waals surface area contributed by atoms with Crippen LogP contribution in [0.3, 0.4) is 0 Å². The van der Waals surface area contributed by atoms with Gasteiger partial charge in [0.05, 0.1) is 39.3 Å². The molecule has 35 heavy (non-hydrogen) atoms. The van der Waals surface area contributed by atoms with Crippen molar-refractivity contribution in [1.29, 1.82) is 0 Å². The lowest BCUT2D eigenvalue weighted by Gasteiger charge is -2.27. The van der Waals surface area contributed by atoms with E-state index in [2.05, 4.69) is 10.6 Å². The van der Waals surface area contributed by atoms with Gasteiger partial charge in [-0.3, -0.25) is 14.4 Å². The SMILES string of the molecule is CCOC(=O)[C@H]1CC[C@@H](Oc2ccc(C(=O)NCCNC(=O)c3ccc(Cl)c(Cl)c3)c(Cl)c2)CC1. The van der Waals surface area contributed by atoms with E-state index in [1.54, 1.807) is 37.3 Å². The van der Waals surface area contributed by atoms with E-state index < -0.39 is 0 Å². The maximum Gasteiger partial charge on any atom is 0.308 e. The summed E-state index contributed by atoms with van der Waals surface area (Å²) in [6.45, 7) is 2.63. The molecule has 10 heteroatoms. The molecule has 0 aliphatic heterocycles. The quantitative estimate of drug-likeness (QED) is 0.332. The molecule has 1 aliphatic rings. The lowest BCUT2D eigenvalue weighted by atomic mass is 9.87. The number of carbonyl (C=O) groups excluding carboxylic acids is 3. The van der Waals surface area contributed by atoms with E-state index in [0.29, 0.717) is 33.5 Å². The van der Waals surface area contributed by atoms with Gasteiger partial charge in [0.15, 0.2) is 0 Å². The highest BCUT2D eigenvalue weighted by atomic mass is 35.5. The average molecular weight is 542 g/mol. The van der Waals surface area contributed by atoms with E-state index in [1.807, 2.05) is 0 Å². The standard InChI is InChI=1S/C25H27Cl3N2O5/c1-2-34-25(33)15-3-6-17(7-4-15)35-18-8-9-19(21(27)14-18)24(32)30-12-11-29-23(31)16-5-10-20(26)22(28)13-16/h5,8-10,13-15,17H,2-4,6-7,11-12H2,1H3,(H,29,31)(H,30,32)/t15-,17+.